The summed E-state index contributed by atoms with van der Waals surface area (Å²) in [5.74, 6) is 1.56. The molecule has 2 aliphatic heterocycles. The standard InChI is InChI=1S/C24H29N7O3S/c1-29(24(33)18-3-5-19-23(26-18)27-20(32)15-35-19)31-13-11-30(12-14-31)10-8-16-7-9-25-17-4-6-21(34-2)28-22(16)17/h3-7,9,20,32H,8,10-15H2,1-2H3,(H,26,27). The van der Waals surface area contributed by atoms with E-state index < -0.39 is 6.23 Å². The van der Waals surface area contributed by atoms with Crippen LogP contribution < -0.4 is 10.1 Å². The average Bonchev–Trinajstić information content (AvgIpc) is 2.90. The van der Waals surface area contributed by atoms with Crippen LogP contribution in [-0.4, -0.2) is 99.7 Å². The molecule has 2 aliphatic rings. The van der Waals surface area contributed by atoms with Crippen LogP contribution in [0.25, 0.3) is 11.0 Å². The van der Waals surface area contributed by atoms with Crippen molar-refractivity contribution < 1.29 is 14.6 Å². The number of hydrogen-bond donors (Lipinski definition) is 2. The smallest absolute Gasteiger partial charge is 0.286 e. The number of ether oxygens (including phenoxy) is 1. The summed E-state index contributed by atoms with van der Waals surface area (Å²) in [6.45, 7) is 4.13. The number of pyridine rings is 3. The number of thioether (sulfide) groups is 1. The number of hydrazine groups is 1. The second-order valence-corrected chi connectivity index (χ2v) is 9.64. The summed E-state index contributed by atoms with van der Waals surface area (Å²) in [5.41, 5.74) is 3.27. The number of anilines is 1. The molecule has 184 valence electrons. The van der Waals surface area contributed by atoms with Crippen LogP contribution in [0.3, 0.4) is 0 Å². The van der Waals surface area contributed by atoms with Gasteiger partial charge in [0.2, 0.25) is 5.88 Å². The predicted octanol–water partition coefficient (Wildman–Crippen LogP) is 1.72. The van der Waals surface area contributed by atoms with Gasteiger partial charge in [0.25, 0.3) is 5.91 Å². The molecule has 1 unspecified atom stereocenters. The van der Waals surface area contributed by atoms with Crippen molar-refractivity contribution in [2.75, 3.05) is 58.0 Å². The SMILES string of the molecule is COc1ccc2nccc(CCN3CCN(N(C)C(=O)c4ccc5c(n4)NC(O)CS5)CC3)c2n1. The number of fused-ring (bicyclic) bond motifs is 2. The summed E-state index contributed by atoms with van der Waals surface area (Å²) in [6.07, 6.45) is 2.04. The molecule has 5 rings (SSSR count). The third-order valence-electron chi connectivity index (χ3n) is 6.39. The first kappa shape index (κ1) is 23.7. The molecule has 11 heteroatoms. The number of methoxy groups -OCH3 is 1. The predicted molar refractivity (Wildman–Crippen MR) is 134 cm³/mol. The lowest BCUT2D eigenvalue weighted by atomic mass is 10.1. The Morgan fingerprint density at radius 2 is 2.03 bits per heavy atom. The zero-order chi connectivity index (χ0) is 24.4. The van der Waals surface area contributed by atoms with Crippen molar-refractivity contribution in [3.8, 4) is 5.88 Å². The summed E-state index contributed by atoms with van der Waals surface area (Å²) < 4.78 is 5.28. The molecule has 0 saturated carbocycles. The minimum absolute atomic E-state index is 0.156. The van der Waals surface area contributed by atoms with E-state index in [0.717, 1.165) is 60.6 Å². The Labute approximate surface area is 208 Å². The van der Waals surface area contributed by atoms with Crippen LogP contribution in [0.2, 0.25) is 0 Å². The van der Waals surface area contributed by atoms with Crippen molar-refractivity contribution in [1.82, 2.24) is 29.9 Å². The number of nitrogens with zero attached hydrogens (tertiary/aromatic N) is 6. The van der Waals surface area contributed by atoms with Gasteiger partial charge >= 0.3 is 0 Å². The van der Waals surface area contributed by atoms with Gasteiger partial charge in [0.1, 0.15) is 17.7 Å². The molecular formula is C24H29N7O3S. The number of rotatable bonds is 6. The summed E-state index contributed by atoms with van der Waals surface area (Å²) in [6, 6.07) is 9.43. The Morgan fingerprint density at radius 3 is 2.83 bits per heavy atom. The lowest BCUT2D eigenvalue weighted by molar-refractivity contribution is -0.0227. The summed E-state index contributed by atoms with van der Waals surface area (Å²) in [7, 11) is 3.41. The minimum Gasteiger partial charge on any atom is -0.481 e. The molecule has 1 saturated heterocycles. The molecule has 1 fully saturated rings. The average molecular weight is 496 g/mol. The Morgan fingerprint density at radius 1 is 1.20 bits per heavy atom. The molecule has 0 bridgehead atoms. The number of aliphatic hydroxyl groups excluding tert-OH is 1. The van der Waals surface area contributed by atoms with Crippen molar-refractivity contribution in [1.29, 1.82) is 0 Å². The number of piperazine rings is 1. The maximum atomic E-state index is 13.1. The quantitative estimate of drug-likeness (QED) is 0.525. The van der Waals surface area contributed by atoms with Crippen molar-refractivity contribution in [3.63, 3.8) is 0 Å². The van der Waals surface area contributed by atoms with Gasteiger partial charge < -0.3 is 20.1 Å². The summed E-state index contributed by atoms with van der Waals surface area (Å²) in [5, 5.41) is 16.5. The molecule has 5 heterocycles. The summed E-state index contributed by atoms with van der Waals surface area (Å²) in [4.78, 5) is 29.9. The van der Waals surface area contributed by atoms with Crippen LogP contribution in [-0.2, 0) is 6.42 Å². The highest BCUT2D eigenvalue weighted by Gasteiger charge is 2.26. The van der Waals surface area contributed by atoms with Gasteiger partial charge in [-0.25, -0.2) is 15.0 Å². The molecular weight excluding hydrogens is 466 g/mol. The van der Waals surface area contributed by atoms with Gasteiger partial charge in [-0.2, -0.15) is 0 Å². The lowest BCUT2D eigenvalue weighted by Gasteiger charge is -2.39. The molecule has 0 radical (unpaired) electrons. The zero-order valence-corrected chi connectivity index (χ0v) is 20.7. The van der Waals surface area contributed by atoms with Crippen LogP contribution in [0.15, 0.2) is 41.4 Å². The Balaban J connectivity index is 1.17. The van der Waals surface area contributed by atoms with Crippen molar-refractivity contribution in [2.45, 2.75) is 17.5 Å². The van der Waals surface area contributed by atoms with Crippen molar-refractivity contribution >= 4 is 34.5 Å². The molecule has 2 N–H and O–H groups in total. The number of hydrogen-bond acceptors (Lipinski definition) is 10. The van der Waals surface area contributed by atoms with Crippen LogP contribution in [0.1, 0.15) is 16.1 Å². The molecule has 3 aromatic rings. The van der Waals surface area contributed by atoms with Crippen LogP contribution in [0.4, 0.5) is 5.82 Å². The number of carbonyl (C=O) groups is 1. The third kappa shape index (κ3) is 5.18. The van der Waals surface area contributed by atoms with Gasteiger partial charge in [0.15, 0.2) is 0 Å². The maximum Gasteiger partial charge on any atom is 0.286 e. The third-order valence-corrected chi connectivity index (χ3v) is 7.52. The zero-order valence-electron chi connectivity index (χ0n) is 19.8. The largest absolute Gasteiger partial charge is 0.481 e. The molecule has 0 aliphatic carbocycles. The molecule has 10 nitrogen and oxygen atoms in total. The van der Waals surface area contributed by atoms with Gasteiger partial charge in [-0.3, -0.25) is 14.8 Å². The Kier molecular flexibility index (Phi) is 7.00. The van der Waals surface area contributed by atoms with E-state index in [1.165, 1.54) is 11.8 Å². The molecule has 0 aromatic carbocycles. The lowest BCUT2D eigenvalue weighted by Crippen LogP contribution is -2.54. The number of aliphatic hydroxyl groups is 1. The second-order valence-electron chi connectivity index (χ2n) is 8.58. The van der Waals surface area contributed by atoms with Crippen molar-refractivity contribution in [3.05, 3.63) is 47.8 Å². The van der Waals surface area contributed by atoms with Gasteiger partial charge in [-0.05, 0) is 36.2 Å². The number of carbonyl (C=O) groups excluding carboxylic acids is 1. The number of aromatic nitrogens is 3. The fraction of sp³-hybridized carbons (Fsp3) is 0.417. The summed E-state index contributed by atoms with van der Waals surface area (Å²) >= 11 is 1.53. The van der Waals surface area contributed by atoms with E-state index in [9.17, 15) is 9.90 Å². The first-order valence-electron chi connectivity index (χ1n) is 11.6. The maximum absolute atomic E-state index is 13.1. The highest BCUT2D eigenvalue weighted by atomic mass is 32.2. The van der Waals surface area contributed by atoms with Crippen LogP contribution in [0.5, 0.6) is 5.88 Å². The first-order valence-corrected chi connectivity index (χ1v) is 12.6. The molecule has 3 aromatic heterocycles. The van der Waals surface area contributed by atoms with Gasteiger partial charge in [-0.15, -0.1) is 11.8 Å². The first-order chi connectivity index (χ1) is 17.0. The molecule has 1 atom stereocenters. The van der Waals surface area contributed by atoms with E-state index in [4.69, 9.17) is 4.74 Å². The second kappa shape index (κ2) is 10.3. The van der Waals surface area contributed by atoms with Crippen LogP contribution in [0, 0.1) is 0 Å². The molecule has 0 spiro atoms. The van der Waals surface area contributed by atoms with Crippen LogP contribution >= 0.6 is 11.8 Å². The van der Waals surface area contributed by atoms with E-state index in [1.54, 1.807) is 25.2 Å². The van der Waals surface area contributed by atoms with E-state index in [1.807, 2.05) is 30.5 Å². The fourth-order valence-electron chi connectivity index (χ4n) is 4.36. The highest BCUT2D eigenvalue weighted by Crippen LogP contribution is 2.31. The molecule has 1 amide bonds. The van der Waals surface area contributed by atoms with Crippen molar-refractivity contribution in [2.24, 2.45) is 0 Å². The minimum atomic E-state index is -0.654. The molecule has 35 heavy (non-hydrogen) atoms. The number of nitrogens with one attached hydrogen (secondary N) is 1. The van der Waals surface area contributed by atoms with E-state index >= 15 is 0 Å². The normalized spacial score (nSPS) is 18.7. The van der Waals surface area contributed by atoms with E-state index in [2.05, 4.69) is 30.2 Å². The van der Waals surface area contributed by atoms with Gasteiger partial charge in [0.05, 0.1) is 23.0 Å². The fourth-order valence-corrected chi connectivity index (χ4v) is 5.19. The van der Waals surface area contributed by atoms with Gasteiger partial charge in [-0.1, -0.05) is 0 Å². The van der Waals surface area contributed by atoms with Gasteiger partial charge in [0, 0.05) is 57.8 Å². The highest BCUT2D eigenvalue weighted by molar-refractivity contribution is 7.99. The van der Waals surface area contributed by atoms with E-state index in [-0.39, 0.29) is 5.91 Å². The monoisotopic (exact) mass is 495 g/mol. The number of amides is 1. The topological polar surface area (TPSA) is 107 Å². The Bertz CT molecular complexity index is 1220. The van der Waals surface area contributed by atoms with E-state index in [0.29, 0.717) is 23.1 Å². The Hall–Kier alpha value is -2.99.